The second-order valence-electron chi connectivity index (χ2n) is 5.89. The summed E-state index contributed by atoms with van der Waals surface area (Å²) in [7, 11) is 0. The van der Waals surface area contributed by atoms with Gasteiger partial charge in [0.15, 0.2) is 0 Å². The van der Waals surface area contributed by atoms with Gasteiger partial charge in [0.25, 0.3) is 5.91 Å². The molecule has 1 amide bonds. The van der Waals surface area contributed by atoms with E-state index in [2.05, 4.69) is 21.2 Å². The van der Waals surface area contributed by atoms with E-state index in [-0.39, 0.29) is 11.7 Å². The average Bonchev–Trinajstić information content (AvgIpc) is 2.58. The largest absolute Gasteiger partial charge is 0.490 e. The van der Waals surface area contributed by atoms with E-state index in [0.717, 1.165) is 10.0 Å². The highest BCUT2D eigenvalue weighted by molar-refractivity contribution is 9.10. The Labute approximate surface area is 166 Å². The fourth-order valence-electron chi connectivity index (χ4n) is 2.23. The van der Waals surface area contributed by atoms with Crippen molar-refractivity contribution < 1.29 is 9.53 Å². The van der Waals surface area contributed by atoms with Gasteiger partial charge >= 0.3 is 0 Å². The second-order valence-corrected chi connectivity index (χ2v) is 7.21. The number of nitrogens with zero attached hydrogens (tertiary/aromatic N) is 1. The maximum absolute atomic E-state index is 12.5. The van der Waals surface area contributed by atoms with Crippen LogP contribution < -0.4 is 10.1 Å². The number of hydrogen-bond acceptors (Lipinski definition) is 3. The zero-order chi connectivity index (χ0) is 19.3. The van der Waals surface area contributed by atoms with Gasteiger partial charge in [0.2, 0.25) is 0 Å². The Bertz CT molecular complexity index is 901. The van der Waals surface area contributed by atoms with E-state index in [1.807, 2.05) is 26.0 Å². The molecule has 0 saturated heterocycles. The molecule has 0 aliphatic carbocycles. The molecule has 134 valence electrons. The third-order valence-corrected chi connectivity index (χ3v) is 4.42. The van der Waals surface area contributed by atoms with Crippen LogP contribution in [0.4, 0.5) is 5.69 Å². The van der Waals surface area contributed by atoms with E-state index in [9.17, 15) is 10.1 Å². The molecule has 26 heavy (non-hydrogen) atoms. The summed E-state index contributed by atoms with van der Waals surface area (Å²) in [5.41, 5.74) is 1.92. The van der Waals surface area contributed by atoms with Crippen LogP contribution in [0.2, 0.25) is 5.02 Å². The van der Waals surface area contributed by atoms with Crippen molar-refractivity contribution in [2.45, 2.75) is 26.9 Å². The lowest BCUT2D eigenvalue weighted by atomic mass is 10.1. The monoisotopic (exact) mass is 432 g/mol. The van der Waals surface area contributed by atoms with Gasteiger partial charge in [-0.15, -0.1) is 0 Å². The minimum atomic E-state index is -0.506. The van der Waals surface area contributed by atoms with Gasteiger partial charge < -0.3 is 10.1 Å². The van der Waals surface area contributed by atoms with Crippen molar-refractivity contribution in [3.05, 3.63) is 62.6 Å². The quantitative estimate of drug-likeness (QED) is 0.483. The van der Waals surface area contributed by atoms with Gasteiger partial charge in [0.05, 0.1) is 6.10 Å². The number of hydrogen-bond donors (Lipinski definition) is 1. The Balaban J connectivity index is 2.36. The van der Waals surface area contributed by atoms with Crippen LogP contribution in [-0.4, -0.2) is 12.0 Å². The molecule has 0 atom stereocenters. The van der Waals surface area contributed by atoms with E-state index in [4.69, 9.17) is 16.3 Å². The molecule has 6 heteroatoms. The van der Waals surface area contributed by atoms with Crippen molar-refractivity contribution in [1.82, 2.24) is 0 Å². The lowest BCUT2D eigenvalue weighted by Gasteiger charge is -2.13. The van der Waals surface area contributed by atoms with Crippen LogP contribution in [0.25, 0.3) is 6.08 Å². The fourth-order valence-corrected chi connectivity index (χ4v) is 2.78. The number of anilines is 1. The minimum Gasteiger partial charge on any atom is -0.490 e. The van der Waals surface area contributed by atoms with Crippen LogP contribution in [0, 0.1) is 18.3 Å². The van der Waals surface area contributed by atoms with Crippen molar-refractivity contribution in [2.75, 3.05) is 5.32 Å². The van der Waals surface area contributed by atoms with Crippen LogP contribution in [0.1, 0.15) is 25.0 Å². The molecule has 0 aromatic heterocycles. The predicted octanol–water partition coefficient (Wildman–Crippen LogP) is 5.74. The summed E-state index contributed by atoms with van der Waals surface area (Å²) >= 11 is 9.47. The lowest BCUT2D eigenvalue weighted by Crippen LogP contribution is -2.14. The number of ether oxygens (including phenoxy) is 1. The Morgan fingerprint density at radius 3 is 2.73 bits per heavy atom. The van der Waals surface area contributed by atoms with Crippen molar-refractivity contribution in [1.29, 1.82) is 5.26 Å². The second kappa shape index (κ2) is 8.88. The molecule has 0 fully saturated rings. The van der Waals surface area contributed by atoms with Crippen LogP contribution in [0.3, 0.4) is 0 Å². The Morgan fingerprint density at radius 2 is 2.08 bits per heavy atom. The summed E-state index contributed by atoms with van der Waals surface area (Å²) in [6, 6.07) is 12.6. The van der Waals surface area contributed by atoms with Gasteiger partial charge in [0, 0.05) is 20.7 Å². The van der Waals surface area contributed by atoms with Crippen LogP contribution in [-0.2, 0) is 4.79 Å². The number of nitriles is 1. The summed E-state index contributed by atoms with van der Waals surface area (Å²) in [6.45, 7) is 5.63. The summed E-state index contributed by atoms with van der Waals surface area (Å²) in [5, 5.41) is 12.7. The maximum atomic E-state index is 12.5. The number of rotatable bonds is 5. The van der Waals surface area contributed by atoms with Crippen molar-refractivity contribution in [3.8, 4) is 11.8 Å². The number of amides is 1. The molecule has 2 rings (SSSR count). The van der Waals surface area contributed by atoms with Gasteiger partial charge in [0.1, 0.15) is 17.4 Å². The van der Waals surface area contributed by atoms with Gasteiger partial charge in [-0.05, 0) is 62.7 Å². The lowest BCUT2D eigenvalue weighted by molar-refractivity contribution is -0.112. The zero-order valence-corrected chi connectivity index (χ0v) is 17.0. The van der Waals surface area contributed by atoms with E-state index < -0.39 is 5.91 Å². The van der Waals surface area contributed by atoms with Gasteiger partial charge in [-0.25, -0.2) is 0 Å². The third-order valence-electron chi connectivity index (χ3n) is 3.52. The standard InChI is InChI=1S/C20H18BrClN2O2/c1-12(2)26-19-8-7-16(21)10-14(19)9-15(11-23)20(25)24-18-6-4-5-17(22)13(18)3/h4-10,12H,1-3H3,(H,24,25)/b15-9+. The van der Waals surface area contributed by atoms with E-state index in [1.165, 1.54) is 6.08 Å². The summed E-state index contributed by atoms with van der Waals surface area (Å²) in [5.74, 6) is 0.0935. The molecule has 0 spiro atoms. The average molecular weight is 434 g/mol. The number of carbonyl (C=O) groups is 1. The molecule has 0 bridgehead atoms. The number of carbonyl (C=O) groups excluding carboxylic acids is 1. The van der Waals surface area contributed by atoms with Crippen molar-refractivity contribution in [2.24, 2.45) is 0 Å². The number of nitrogens with one attached hydrogen (secondary N) is 1. The zero-order valence-electron chi connectivity index (χ0n) is 14.6. The first-order valence-electron chi connectivity index (χ1n) is 7.96. The van der Waals surface area contributed by atoms with Crippen LogP contribution >= 0.6 is 27.5 Å². The molecule has 4 nitrogen and oxygen atoms in total. The molecular formula is C20H18BrClN2O2. The third kappa shape index (κ3) is 5.10. The highest BCUT2D eigenvalue weighted by Crippen LogP contribution is 2.27. The first kappa shape index (κ1) is 20.0. The molecule has 0 saturated carbocycles. The Kier molecular flexibility index (Phi) is 6.84. The molecule has 0 radical (unpaired) electrons. The smallest absolute Gasteiger partial charge is 0.266 e. The number of halogens is 2. The van der Waals surface area contributed by atoms with E-state index in [1.54, 1.807) is 37.3 Å². The molecular weight excluding hydrogens is 416 g/mol. The molecule has 2 aromatic carbocycles. The topological polar surface area (TPSA) is 62.1 Å². The SMILES string of the molecule is Cc1c(Cl)cccc1NC(=O)/C(C#N)=C/c1cc(Br)ccc1OC(C)C. The van der Waals surface area contributed by atoms with E-state index >= 15 is 0 Å². The normalized spacial score (nSPS) is 11.2. The molecule has 2 aromatic rings. The Morgan fingerprint density at radius 1 is 1.35 bits per heavy atom. The summed E-state index contributed by atoms with van der Waals surface area (Å²) < 4.78 is 6.58. The van der Waals surface area contributed by atoms with Crippen molar-refractivity contribution in [3.63, 3.8) is 0 Å². The number of benzene rings is 2. The Hall–Kier alpha value is -2.29. The predicted molar refractivity (Wildman–Crippen MR) is 108 cm³/mol. The molecule has 0 unspecified atom stereocenters. The summed E-state index contributed by atoms with van der Waals surface area (Å²) in [4.78, 5) is 12.5. The highest BCUT2D eigenvalue weighted by Gasteiger charge is 2.14. The van der Waals surface area contributed by atoms with Gasteiger partial charge in [-0.2, -0.15) is 5.26 Å². The van der Waals surface area contributed by atoms with Gasteiger partial charge in [-0.1, -0.05) is 33.6 Å². The molecule has 0 heterocycles. The van der Waals surface area contributed by atoms with Crippen LogP contribution in [0.5, 0.6) is 5.75 Å². The van der Waals surface area contributed by atoms with E-state index in [0.29, 0.717) is 22.0 Å². The highest BCUT2D eigenvalue weighted by atomic mass is 79.9. The van der Waals surface area contributed by atoms with Gasteiger partial charge in [-0.3, -0.25) is 4.79 Å². The summed E-state index contributed by atoms with van der Waals surface area (Å²) in [6.07, 6.45) is 1.48. The molecule has 0 aliphatic rings. The minimum absolute atomic E-state index is 0.0307. The molecule has 1 N–H and O–H groups in total. The first-order chi connectivity index (χ1) is 12.3. The first-order valence-corrected chi connectivity index (χ1v) is 9.13. The van der Waals surface area contributed by atoms with Crippen molar-refractivity contribution >= 4 is 45.2 Å². The van der Waals surface area contributed by atoms with Crippen LogP contribution in [0.15, 0.2) is 46.4 Å². The fraction of sp³-hybridized carbons (Fsp3) is 0.200. The molecule has 0 aliphatic heterocycles. The maximum Gasteiger partial charge on any atom is 0.266 e.